The molecule has 0 saturated carbocycles. The number of carbonyl (C=O) groups excluding carboxylic acids is 1. The quantitative estimate of drug-likeness (QED) is 0.492. The number of hydrogen-bond donors (Lipinski definition) is 4. The summed E-state index contributed by atoms with van der Waals surface area (Å²) in [4.78, 5) is 27.0. The number of benzene rings is 2. The van der Waals surface area contributed by atoms with Crippen LogP contribution in [-0.4, -0.2) is 22.9 Å². The number of carboxylic acid groups (broad SMARTS) is 1. The summed E-state index contributed by atoms with van der Waals surface area (Å²) < 4.78 is 0. The summed E-state index contributed by atoms with van der Waals surface area (Å²) in [5.41, 5.74) is 14.2. The number of fused-ring (bicyclic) bond motifs is 1. The number of carboxylic acids is 1. The van der Waals surface area contributed by atoms with E-state index in [1.54, 1.807) is 12.1 Å². The first-order valence-corrected chi connectivity index (χ1v) is 7.34. The Morgan fingerprint density at radius 1 is 1.12 bits per heavy atom. The second-order valence-electron chi connectivity index (χ2n) is 5.49. The van der Waals surface area contributed by atoms with E-state index in [9.17, 15) is 14.7 Å². The molecule has 0 aliphatic carbocycles. The lowest BCUT2D eigenvalue weighted by Crippen LogP contribution is -2.21. The fourth-order valence-electron chi connectivity index (χ4n) is 2.72. The molecule has 0 spiro atoms. The van der Waals surface area contributed by atoms with Crippen LogP contribution in [0.25, 0.3) is 11.1 Å². The number of aryl methyl sites for hydroxylation is 1. The van der Waals surface area contributed by atoms with Gasteiger partial charge in [-0.3, -0.25) is 4.79 Å². The Hall–Kier alpha value is -3.06. The Morgan fingerprint density at radius 3 is 2.56 bits per heavy atom. The van der Waals surface area contributed by atoms with Gasteiger partial charge in [0.1, 0.15) is 0 Å². The molecule has 7 nitrogen and oxygen atoms in total. The van der Waals surface area contributed by atoms with E-state index >= 15 is 0 Å². The number of halogens is 1. The Balaban J connectivity index is 0.00000225. The fourth-order valence-corrected chi connectivity index (χ4v) is 2.72. The van der Waals surface area contributed by atoms with Crippen LogP contribution in [0, 0.1) is 0 Å². The van der Waals surface area contributed by atoms with Crippen LogP contribution in [0.1, 0.15) is 22.3 Å². The van der Waals surface area contributed by atoms with Gasteiger partial charge in [-0.15, -0.1) is 12.4 Å². The molecule has 25 heavy (non-hydrogen) atoms. The SMILES string of the molecule is Cl.NC(N)=Nc1ccc(C(=O)O)c(-c2ccc3c(c2)NC(=O)CC3)c1. The topological polar surface area (TPSA) is 131 Å². The summed E-state index contributed by atoms with van der Waals surface area (Å²) in [5, 5.41) is 12.2. The van der Waals surface area contributed by atoms with Gasteiger partial charge in [-0.2, -0.15) is 0 Å². The lowest BCUT2D eigenvalue weighted by atomic mass is 9.94. The highest BCUT2D eigenvalue weighted by Gasteiger charge is 2.18. The standard InChI is InChI=1S/C17H16N4O3.ClH/c18-17(19)20-11-4-5-12(16(23)24)13(8-11)10-2-1-9-3-6-15(22)21-14(9)7-10;/h1-2,4-5,7-8H,3,6H2,(H,21,22)(H,23,24)(H4,18,19,20);1H. The predicted octanol–water partition coefficient (Wildman–Crippen LogP) is 2.26. The molecule has 1 aliphatic heterocycles. The molecule has 0 aromatic heterocycles. The average molecular weight is 361 g/mol. The molecule has 130 valence electrons. The third kappa shape index (κ3) is 3.89. The second-order valence-corrected chi connectivity index (χ2v) is 5.49. The van der Waals surface area contributed by atoms with E-state index in [-0.39, 0.29) is 29.8 Å². The predicted molar refractivity (Wildman–Crippen MR) is 98.5 cm³/mol. The molecule has 0 fully saturated rings. The van der Waals surface area contributed by atoms with Crippen molar-refractivity contribution in [1.29, 1.82) is 0 Å². The maximum atomic E-state index is 11.6. The zero-order chi connectivity index (χ0) is 17.3. The number of aliphatic imine (C=N–C) groups is 1. The number of nitrogens with one attached hydrogen (secondary N) is 1. The summed E-state index contributed by atoms with van der Waals surface area (Å²) >= 11 is 0. The van der Waals surface area contributed by atoms with Crippen molar-refractivity contribution in [3.05, 3.63) is 47.5 Å². The van der Waals surface area contributed by atoms with Gasteiger partial charge in [0.2, 0.25) is 5.91 Å². The van der Waals surface area contributed by atoms with Gasteiger partial charge in [-0.1, -0.05) is 12.1 Å². The normalized spacial score (nSPS) is 12.4. The van der Waals surface area contributed by atoms with E-state index < -0.39 is 5.97 Å². The number of aromatic carboxylic acids is 1. The van der Waals surface area contributed by atoms with Crippen molar-refractivity contribution >= 4 is 41.6 Å². The molecule has 8 heteroatoms. The van der Waals surface area contributed by atoms with E-state index in [1.165, 1.54) is 12.1 Å². The number of anilines is 1. The van der Waals surface area contributed by atoms with Crippen LogP contribution in [0.15, 0.2) is 41.4 Å². The molecule has 0 saturated heterocycles. The van der Waals surface area contributed by atoms with Gasteiger partial charge < -0.3 is 21.9 Å². The third-order valence-electron chi connectivity index (χ3n) is 3.81. The minimum Gasteiger partial charge on any atom is -0.478 e. The second kappa shape index (κ2) is 7.23. The summed E-state index contributed by atoms with van der Waals surface area (Å²) in [6, 6.07) is 10.1. The number of amides is 1. The molecular formula is C17H17ClN4O3. The van der Waals surface area contributed by atoms with E-state index in [2.05, 4.69) is 10.3 Å². The first-order valence-electron chi connectivity index (χ1n) is 7.34. The molecule has 2 aromatic rings. The lowest BCUT2D eigenvalue weighted by molar-refractivity contribution is -0.116. The highest BCUT2D eigenvalue weighted by atomic mass is 35.5. The van der Waals surface area contributed by atoms with Crippen LogP contribution in [0.2, 0.25) is 0 Å². The summed E-state index contributed by atoms with van der Waals surface area (Å²) in [5.74, 6) is -1.21. The number of hydrogen-bond acceptors (Lipinski definition) is 3. The molecule has 2 aromatic carbocycles. The van der Waals surface area contributed by atoms with Crippen LogP contribution in [0.3, 0.4) is 0 Å². The Morgan fingerprint density at radius 2 is 1.88 bits per heavy atom. The number of nitrogens with zero attached hydrogens (tertiary/aromatic N) is 1. The fraction of sp³-hybridized carbons (Fsp3) is 0.118. The maximum absolute atomic E-state index is 11.6. The van der Waals surface area contributed by atoms with Crippen LogP contribution in [-0.2, 0) is 11.2 Å². The first kappa shape index (κ1) is 18.3. The summed E-state index contributed by atoms with van der Waals surface area (Å²) in [6.45, 7) is 0. The van der Waals surface area contributed by atoms with Gasteiger partial charge in [0.05, 0.1) is 11.3 Å². The van der Waals surface area contributed by atoms with Gasteiger partial charge in [-0.25, -0.2) is 9.79 Å². The molecule has 1 amide bonds. The van der Waals surface area contributed by atoms with E-state index in [1.807, 2.05) is 12.1 Å². The van der Waals surface area contributed by atoms with Crippen LogP contribution in [0.5, 0.6) is 0 Å². The highest BCUT2D eigenvalue weighted by Crippen LogP contribution is 2.33. The molecule has 1 aliphatic rings. The molecule has 0 bridgehead atoms. The van der Waals surface area contributed by atoms with Crippen molar-refractivity contribution in [2.45, 2.75) is 12.8 Å². The Labute approximate surface area is 150 Å². The minimum atomic E-state index is -1.05. The van der Waals surface area contributed by atoms with Crippen molar-refractivity contribution in [2.24, 2.45) is 16.5 Å². The molecule has 0 unspecified atom stereocenters. The monoisotopic (exact) mass is 360 g/mol. The van der Waals surface area contributed by atoms with E-state index in [0.717, 1.165) is 5.56 Å². The summed E-state index contributed by atoms with van der Waals surface area (Å²) in [6.07, 6.45) is 1.12. The van der Waals surface area contributed by atoms with Gasteiger partial charge in [0.25, 0.3) is 0 Å². The summed E-state index contributed by atoms with van der Waals surface area (Å²) in [7, 11) is 0. The number of guanidine groups is 1. The largest absolute Gasteiger partial charge is 0.478 e. The van der Waals surface area contributed by atoms with Crippen molar-refractivity contribution in [3.8, 4) is 11.1 Å². The van der Waals surface area contributed by atoms with Gasteiger partial charge in [-0.05, 0) is 47.4 Å². The van der Waals surface area contributed by atoms with Gasteiger partial charge in [0.15, 0.2) is 5.96 Å². The van der Waals surface area contributed by atoms with Crippen LogP contribution < -0.4 is 16.8 Å². The van der Waals surface area contributed by atoms with Crippen molar-refractivity contribution in [3.63, 3.8) is 0 Å². The molecule has 6 N–H and O–H groups in total. The highest BCUT2D eigenvalue weighted by molar-refractivity contribution is 5.99. The third-order valence-corrected chi connectivity index (χ3v) is 3.81. The van der Waals surface area contributed by atoms with Gasteiger partial charge >= 0.3 is 5.97 Å². The maximum Gasteiger partial charge on any atom is 0.336 e. The minimum absolute atomic E-state index is 0. The molecule has 3 rings (SSSR count). The van der Waals surface area contributed by atoms with Crippen molar-refractivity contribution in [1.82, 2.24) is 0 Å². The smallest absolute Gasteiger partial charge is 0.336 e. The van der Waals surface area contributed by atoms with Crippen LogP contribution in [0.4, 0.5) is 11.4 Å². The first-order chi connectivity index (χ1) is 11.4. The van der Waals surface area contributed by atoms with Crippen molar-refractivity contribution in [2.75, 3.05) is 5.32 Å². The number of carbonyl (C=O) groups is 2. The molecule has 0 atom stereocenters. The molecule has 1 heterocycles. The van der Waals surface area contributed by atoms with Gasteiger partial charge in [0, 0.05) is 12.1 Å². The number of nitrogens with two attached hydrogens (primary N) is 2. The number of rotatable bonds is 3. The van der Waals surface area contributed by atoms with Crippen molar-refractivity contribution < 1.29 is 14.7 Å². The molecular weight excluding hydrogens is 344 g/mol. The zero-order valence-corrected chi connectivity index (χ0v) is 14.0. The van der Waals surface area contributed by atoms with Crippen LogP contribution >= 0.6 is 12.4 Å². The average Bonchev–Trinajstić information content (AvgIpc) is 2.53. The molecule has 0 radical (unpaired) electrons. The Bertz CT molecular complexity index is 876. The van der Waals surface area contributed by atoms with E-state index in [4.69, 9.17) is 11.5 Å². The lowest BCUT2D eigenvalue weighted by Gasteiger charge is -2.18. The Kier molecular flexibility index (Phi) is 5.29. The zero-order valence-electron chi connectivity index (χ0n) is 13.2. The van der Waals surface area contributed by atoms with E-state index in [0.29, 0.717) is 35.3 Å².